The molecular weight excluding hydrogens is 242 g/mol. The summed E-state index contributed by atoms with van der Waals surface area (Å²) in [5.74, 6) is 5.27. The Morgan fingerprint density at radius 1 is 1.28 bits per heavy atom. The van der Waals surface area contributed by atoms with Crippen molar-refractivity contribution >= 4 is 11.8 Å². The van der Waals surface area contributed by atoms with Crippen molar-refractivity contribution in [3.05, 3.63) is 0 Å². The number of nitrogens with one attached hydrogen (secondary N) is 1. The summed E-state index contributed by atoms with van der Waals surface area (Å²) in [6.45, 7) is 3.48. The first kappa shape index (κ1) is 13.3. The van der Waals surface area contributed by atoms with E-state index in [1.165, 1.54) is 43.6 Å². The van der Waals surface area contributed by atoms with E-state index < -0.39 is 0 Å². The summed E-state index contributed by atoms with van der Waals surface area (Å²) in [4.78, 5) is 0. The summed E-state index contributed by atoms with van der Waals surface area (Å²) in [5.41, 5.74) is 0.269. The Hall–Kier alpha value is 0.270. The van der Waals surface area contributed by atoms with Gasteiger partial charge in [-0.3, -0.25) is 0 Å². The molecule has 1 aliphatic carbocycles. The number of ether oxygens (including phenoxy) is 1. The van der Waals surface area contributed by atoms with Crippen molar-refractivity contribution in [2.75, 3.05) is 25.2 Å². The highest BCUT2D eigenvalue weighted by molar-refractivity contribution is 7.99. The maximum absolute atomic E-state index is 6.17. The van der Waals surface area contributed by atoms with Gasteiger partial charge < -0.3 is 10.1 Å². The molecule has 2 heterocycles. The van der Waals surface area contributed by atoms with E-state index in [9.17, 15) is 0 Å². The zero-order chi connectivity index (χ0) is 12.6. The van der Waals surface area contributed by atoms with E-state index in [-0.39, 0.29) is 5.60 Å². The molecule has 3 aliphatic rings. The van der Waals surface area contributed by atoms with Crippen LogP contribution in [0, 0.1) is 17.8 Å². The molecule has 2 aliphatic heterocycles. The third kappa shape index (κ3) is 2.34. The minimum absolute atomic E-state index is 0.269. The number of rotatable bonds is 2. The standard InChI is InChI=1S/C15H27NOS/c1-11-13(3-4-14(11)16-2)12-5-7-17-15(9-12)6-8-18-10-15/h11-14,16H,3-10H2,1-2H3. The molecule has 1 saturated carbocycles. The largest absolute Gasteiger partial charge is 0.374 e. The monoisotopic (exact) mass is 269 g/mol. The van der Waals surface area contributed by atoms with Gasteiger partial charge in [0.2, 0.25) is 0 Å². The predicted molar refractivity (Wildman–Crippen MR) is 78.1 cm³/mol. The van der Waals surface area contributed by atoms with Gasteiger partial charge in [-0.1, -0.05) is 6.92 Å². The summed E-state index contributed by atoms with van der Waals surface area (Å²) in [6.07, 6.45) is 6.75. The molecule has 104 valence electrons. The summed E-state index contributed by atoms with van der Waals surface area (Å²) in [7, 11) is 2.13. The molecule has 0 amide bonds. The number of hydrogen-bond donors (Lipinski definition) is 1. The second kappa shape index (κ2) is 5.34. The van der Waals surface area contributed by atoms with E-state index in [0.717, 1.165) is 30.4 Å². The van der Waals surface area contributed by atoms with Crippen molar-refractivity contribution in [3.8, 4) is 0 Å². The average molecular weight is 269 g/mol. The Morgan fingerprint density at radius 2 is 2.17 bits per heavy atom. The average Bonchev–Trinajstić information content (AvgIpc) is 2.97. The second-order valence-corrected chi connectivity index (χ2v) is 7.69. The lowest BCUT2D eigenvalue weighted by atomic mass is 9.74. The topological polar surface area (TPSA) is 21.3 Å². The van der Waals surface area contributed by atoms with Crippen LogP contribution in [0.5, 0.6) is 0 Å². The maximum Gasteiger partial charge on any atom is 0.0783 e. The first-order valence-electron chi connectivity index (χ1n) is 7.63. The van der Waals surface area contributed by atoms with Crippen molar-refractivity contribution in [3.63, 3.8) is 0 Å². The van der Waals surface area contributed by atoms with Gasteiger partial charge in [-0.15, -0.1) is 0 Å². The molecule has 1 spiro atoms. The van der Waals surface area contributed by atoms with Gasteiger partial charge in [0.05, 0.1) is 5.60 Å². The molecule has 3 heteroatoms. The Kier molecular flexibility index (Phi) is 3.93. The fraction of sp³-hybridized carbons (Fsp3) is 1.00. The molecule has 0 radical (unpaired) electrons. The van der Waals surface area contributed by atoms with E-state index in [0.29, 0.717) is 0 Å². The van der Waals surface area contributed by atoms with Gasteiger partial charge in [0.25, 0.3) is 0 Å². The third-order valence-corrected chi connectivity index (χ3v) is 6.92. The molecule has 5 atom stereocenters. The molecule has 18 heavy (non-hydrogen) atoms. The Labute approximate surface area is 116 Å². The highest BCUT2D eigenvalue weighted by Gasteiger charge is 2.45. The highest BCUT2D eigenvalue weighted by Crippen LogP contribution is 2.47. The van der Waals surface area contributed by atoms with Gasteiger partial charge in [0, 0.05) is 18.4 Å². The fourth-order valence-corrected chi connectivity index (χ4v) is 5.94. The van der Waals surface area contributed by atoms with Gasteiger partial charge in [-0.2, -0.15) is 11.8 Å². The van der Waals surface area contributed by atoms with E-state index in [1.807, 2.05) is 0 Å². The molecule has 0 aromatic carbocycles. The molecule has 0 bridgehead atoms. The predicted octanol–water partition coefficient (Wildman–Crippen LogP) is 2.92. The quantitative estimate of drug-likeness (QED) is 0.833. The highest BCUT2D eigenvalue weighted by atomic mass is 32.2. The van der Waals surface area contributed by atoms with Crippen molar-refractivity contribution in [1.29, 1.82) is 0 Å². The lowest BCUT2D eigenvalue weighted by Gasteiger charge is -2.41. The minimum Gasteiger partial charge on any atom is -0.374 e. The molecule has 0 aromatic heterocycles. The Bertz CT molecular complexity index is 290. The van der Waals surface area contributed by atoms with Crippen LogP contribution in [0.1, 0.15) is 39.0 Å². The van der Waals surface area contributed by atoms with E-state index in [4.69, 9.17) is 4.74 Å². The third-order valence-electron chi connectivity index (χ3n) is 5.70. The summed E-state index contributed by atoms with van der Waals surface area (Å²) in [5, 5.41) is 3.51. The van der Waals surface area contributed by atoms with Crippen LogP contribution in [0.4, 0.5) is 0 Å². The van der Waals surface area contributed by atoms with Crippen LogP contribution in [-0.2, 0) is 4.74 Å². The first-order valence-corrected chi connectivity index (χ1v) is 8.78. The van der Waals surface area contributed by atoms with Crippen LogP contribution in [0.3, 0.4) is 0 Å². The summed E-state index contributed by atoms with van der Waals surface area (Å²) >= 11 is 2.09. The zero-order valence-electron chi connectivity index (χ0n) is 11.8. The lowest BCUT2D eigenvalue weighted by Crippen LogP contribution is -2.43. The van der Waals surface area contributed by atoms with Gasteiger partial charge in [0.1, 0.15) is 0 Å². The van der Waals surface area contributed by atoms with Gasteiger partial charge in [-0.25, -0.2) is 0 Å². The minimum atomic E-state index is 0.269. The lowest BCUT2D eigenvalue weighted by molar-refractivity contribution is -0.0917. The van der Waals surface area contributed by atoms with E-state index in [1.54, 1.807) is 0 Å². The van der Waals surface area contributed by atoms with Crippen molar-refractivity contribution < 1.29 is 4.74 Å². The molecule has 3 fully saturated rings. The maximum atomic E-state index is 6.17. The molecule has 0 aromatic rings. The molecule has 2 saturated heterocycles. The normalized spacial score (nSPS) is 49.0. The smallest absolute Gasteiger partial charge is 0.0783 e. The molecule has 1 N–H and O–H groups in total. The second-order valence-electron chi connectivity index (χ2n) is 6.58. The number of thioether (sulfide) groups is 1. The molecule has 5 unspecified atom stereocenters. The first-order chi connectivity index (χ1) is 8.74. The summed E-state index contributed by atoms with van der Waals surface area (Å²) in [6, 6.07) is 0.756. The van der Waals surface area contributed by atoms with Crippen LogP contribution in [0.25, 0.3) is 0 Å². The fourth-order valence-electron chi connectivity index (χ4n) is 4.56. The van der Waals surface area contributed by atoms with Crippen LogP contribution in [0.15, 0.2) is 0 Å². The van der Waals surface area contributed by atoms with Gasteiger partial charge >= 0.3 is 0 Å². The molecule has 3 rings (SSSR count). The van der Waals surface area contributed by atoms with Crippen molar-refractivity contribution in [2.45, 2.75) is 50.7 Å². The summed E-state index contributed by atoms with van der Waals surface area (Å²) < 4.78 is 6.17. The van der Waals surface area contributed by atoms with Crippen LogP contribution < -0.4 is 5.32 Å². The van der Waals surface area contributed by atoms with Crippen LogP contribution in [0.2, 0.25) is 0 Å². The SMILES string of the molecule is CNC1CCC(C2CCOC3(CCSC3)C2)C1C. The van der Waals surface area contributed by atoms with Gasteiger partial charge in [-0.05, 0) is 62.7 Å². The van der Waals surface area contributed by atoms with E-state index in [2.05, 4.69) is 31.1 Å². The van der Waals surface area contributed by atoms with E-state index >= 15 is 0 Å². The van der Waals surface area contributed by atoms with Crippen molar-refractivity contribution in [1.82, 2.24) is 5.32 Å². The number of hydrogen-bond acceptors (Lipinski definition) is 3. The van der Waals surface area contributed by atoms with Crippen LogP contribution in [-0.4, -0.2) is 36.8 Å². The molecule has 2 nitrogen and oxygen atoms in total. The van der Waals surface area contributed by atoms with Gasteiger partial charge in [0.15, 0.2) is 0 Å². The molecular formula is C15H27NOS. The van der Waals surface area contributed by atoms with Crippen molar-refractivity contribution in [2.24, 2.45) is 17.8 Å². The Balaban J connectivity index is 1.65. The Morgan fingerprint density at radius 3 is 2.83 bits per heavy atom. The van der Waals surface area contributed by atoms with Crippen LogP contribution >= 0.6 is 11.8 Å². The zero-order valence-corrected chi connectivity index (χ0v) is 12.6.